The van der Waals surface area contributed by atoms with E-state index in [2.05, 4.69) is 20.3 Å². The average molecular weight is 584 g/mol. The monoisotopic (exact) mass is 583 g/mol. The molecule has 3 heterocycles. The van der Waals surface area contributed by atoms with Crippen molar-refractivity contribution in [2.45, 2.75) is 38.6 Å². The number of carbonyl (C=O) groups is 2. The summed E-state index contributed by atoms with van der Waals surface area (Å²) >= 11 is 1.25. The second kappa shape index (κ2) is 12.1. The Labute approximate surface area is 230 Å². The molecule has 3 aromatic rings. The Hall–Kier alpha value is -3.85. The molecule has 40 heavy (non-hydrogen) atoms. The smallest absolute Gasteiger partial charge is 0.451 e. The van der Waals surface area contributed by atoms with Crippen molar-refractivity contribution in [1.29, 1.82) is 0 Å². The van der Waals surface area contributed by atoms with Crippen LogP contribution in [0.15, 0.2) is 30.7 Å². The Morgan fingerprint density at radius 1 is 1.25 bits per heavy atom. The Kier molecular flexibility index (Phi) is 8.83. The van der Waals surface area contributed by atoms with Crippen molar-refractivity contribution in [2.75, 3.05) is 26.3 Å². The maximum Gasteiger partial charge on any atom is 0.451 e. The molecule has 2 aromatic heterocycles. The lowest BCUT2D eigenvalue weighted by molar-refractivity contribution is -0.145. The van der Waals surface area contributed by atoms with Crippen LogP contribution < -0.4 is 10.1 Å². The highest BCUT2D eigenvalue weighted by molar-refractivity contribution is 7.15. The molecule has 0 saturated carbocycles. The van der Waals surface area contributed by atoms with Crippen molar-refractivity contribution in [3.63, 3.8) is 0 Å². The number of alkyl halides is 3. The number of amides is 2. The van der Waals surface area contributed by atoms with Gasteiger partial charge in [0.25, 0.3) is 5.91 Å². The maximum absolute atomic E-state index is 15.7. The summed E-state index contributed by atoms with van der Waals surface area (Å²) in [7, 11) is 0. The van der Waals surface area contributed by atoms with E-state index in [-0.39, 0.29) is 48.7 Å². The molecular weight excluding hydrogens is 558 g/mol. The third-order valence-corrected chi connectivity index (χ3v) is 7.22. The lowest BCUT2D eigenvalue weighted by atomic mass is 10.1. The van der Waals surface area contributed by atoms with Crippen LogP contribution in [0.4, 0.5) is 22.4 Å². The first-order valence-corrected chi connectivity index (χ1v) is 13.0. The van der Waals surface area contributed by atoms with E-state index in [4.69, 9.17) is 9.47 Å². The SMILES string of the molecule is CCc1cnc(-c2cc(OCC3CN(C(=O)O)CCO3)cc(C(=O)N[C@H](C)c3cnc(C(F)(F)F)nc3)c2F)s1. The lowest BCUT2D eigenvalue weighted by Gasteiger charge is -2.30. The number of carbonyl (C=O) groups excluding carboxylic acids is 1. The Balaban J connectivity index is 1.58. The average Bonchev–Trinajstić information content (AvgIpc) is 3.41. The first-order valence-electron chi connectivity index (χ1n) is 12.2. The molecule has 15 heteroatoms. The van der Waals surface area contributed by atoms with E-state index in [1.807, 2.05) is 6.92 Å². The van der Waals surface area contributed by atoms with E-state index in [0.717, 1.165) is 17.3 Å². The summed E-state index contributed by atoms with van der Waals surface area (Å²) in [6.07, 6.45) is -2.22. The highest BCUT2D eigenvalue weighted by atomic mass is 32.1. The van der Waals surface area contributed by atoms with Crippen LogP contribution in [0.1, 0.15) is 46.5 Å². The van der Waals surface area contributed by atoms with Gasteiger partial charge in [0.2, 0.25) is 5.82 Å². The third kappa shape index (κ3) is 6.83. The molecule has 214 valence electrons. The highest BCUT2D eigenvalue weighted by Gasteiger charge is 2.34. The minimum atomic E-state index is -4.72. The van der Waals surface area contributed by atoms with Crippen LogP contribution in [0.3, 0.4) is 0 Å². The van der Waals surface area contributed by atoms with Crippen molar-refractivity contribution < 1.29 is 41.7 Å². The number of halogens is 4. The number of morpholine rings is 1. The predicted molar refractivity (Wildman–Crippen MR) is 135 cm³/mol. The van der Waals surface area contributed by atoms with E-state index < -0.39 is 42.0 Å². The molecule has 0 radical (unpaired) electrons. The second-order valence-corrected chi connectivity index (χ2v) is 10.00. The standard InChI is InChI=1S/C25H25F4N5O5S/c1-3-17-10-30-22(40-17)19-7-15(39-12-16-11-34(24(36)37)4-5-38-16)6-18(20(19)26)21(35)33-13(2)14-8-31-23(32-9-14)25(27,28)29/h6-10,13,16H,3-5,11-12H2,1-2H3,(H,33,35)(H,36,37)/t13-,16?/m1/s1. The van der Waals surface area contributed by atoms with E-state index in [0.29, 0.717) is 11.4 Å². The van der Waals surface area contributed by atoms with Crippen LogP contribution in [-0.2, 0) is 17.3 Å². The number of nitrogens with one attached hydrogen (secondary N) is 1. The minimum absolute atomic E-state index is 0.0228. The van der Waals surface area contributed by atoms with Gasteiger partial charge in [-0.2, -0.15) is 13.2 Å². The second-order valence-electron chi connectivity index (χ2n) is 8.88. The van der Waals surface area contributed by atoms with Gasteiger partial charge in [0.1, 0.15) is 29.3 Å². The Morgan fingerprint density at radius 3 is 2.60 bits per heavy atom. The summed E-state index contributed by atoms with van der Waals surface area (Å²) in [5, 5.41) is 12.1. The number of ether oxygens (including phenoxy) is 2. The summed E-state index contributed by atoms with van der Waals surface area (Å²) in [6, 6.07) is 1.73. The van der Waals surface area contributed by atoms with Crippen LogP contribution in [0.2, 0.25) is 0 Å². The van der Waals surface area contributed by atoms with Crippen LogP contribution >= 0.6 is 11.3 Å². The normalized spacial score (nSPS) is 16.4. The summed E-state index contributed by atoms with van der Waals surface area (Å²) in [6.45, 7) is 3.84. The maximum atomic E-state index is 15.7. The molecule has 1 fully saturated rings. The molecule has 2 atom stereocenters. The molecule has 1 aromatic carbocycles. The predicted octanol–water partition coefficient (Wildman–Crippen LogP) is 4.57. The molecule has 2 N–H and O–H groups in total. The fourth-order valence-corrected chi connectivity index (χ4v) is 4.71. The largest absolute Gasteiger partial charge is 0.491 e. The zero-order valence-corrected chi connectivity index (χ0v) is 22.2. The molecule has 1 unspecified atom stereocenters. The Bertz CT molecular complexity index is 1370. The molecule has 10 nitrogen and oxygen atoms in total. The summed E-state index contributed by atoms with van der Waals surface area (Å²) in [5.41, 5.74) is -0.175. The molecule has 0 bridgehead atoms. The van der Waals surface area contributed by atoms with Crippen LogP contribution in [0.5, 0.6) is 5.75 Å². The number of hydrogen-bond donors (Lipinski definition) is 2. The van der Waals surface area contributed by atoms with Gasteiger partial charge in [-0.25, -0.2) is 24.1 Å². The van der Waals surface area contributed by atoms with Gasteiger partial charge in [-0.3, -0.25) is 4.79 Å². The lowest BCUT2D eigenvalue weighted by Crippen LogP contribution is -2.47. The quantitative estimate of drug-likeness (QED) is 0.370. The molecular formula is C25H25F4N5O5S. The molecule has 1 saturated heterocycles. The van der Waals surface area contributed by atoms with Gasteiger partial charge in [0.15, 0.2) is 0 Å². The van der Waals surface area contributed by atoms with Crippen molar-refractivity contribution in [3.8, 4) is 16.3 Å². The van der Waals surface area contributed by atoms with Crippen molar-refractivity contribution >= 4 is 23.3 Å². The number of thiazole rings is 1. The number of nitrogens with zero attached hydrogens (tertiary/aromatic N) is 4. The number of carboxylic acid groups (broad SMARTS) is 1. The fraction of sp³-hybridized carbons (Fsp3) is 0.400. The van der Waals surface area contributed by atoms with E-state index in [1.165, 1.54) is 35.3 Å². The molecule has 1 aliphatic rings. The zero-order valence-electron chi connectivity index (χ0n) is 21.4. The first-order chi connectivity index (χ1) is 19.0. The van der Waals surface area contributed by atoms with Gasteiger partial charge in [-0.05, 0) is 25.5 Å². The van der Waals surface area contributed by atoms with Gasteiger partial charge >= 0.3 is 12.3 Å². The van der Waals surface area contributed by atoms with Gasteiger partial charge in [-0.15, -0.1) is 11.3 Å². The fourth-order valence-electron chi connectivity index (χ4n) is 3.85. The molecule has 1 aliphatic heterocycles. The number of benzene rings is 1. The van der Waals surface area contributed by atoms with Gasteiger partial charge in [0, 0.05) is 35.6 Å². The third-order valence-electron chi connectivity index (χ3n) is 6.04. The number of hydrogen-bond acceptors (Lipinski definition) is 8. The van der Waals surface area contributed by atoms with E-state index in [9.17, 15) is 27.9 Å². The van der Waals surface area contributed by atoms with Gasteiger partial charge in [-0.1, -0.05) is 6.92 Å². The van der Waals surface area contributed by atoms with Crippen molar-refractivity contribution in [3.05, 3.63) is 58.4 Å². The van der Waals surface area contributed by atoms with Gasteiger partial charge < -0.3 is 24.8 Å². The van der Waals surface area contributed by atoms with E-state index >= 15 is 4.39 Å². The van der Waals surface area contributed by atoms with E-state index in [1.54, 1.807) is 6.20 Å². The highest BCUT2D eigenvalue weighted by Crippen LogP contribution is 2.33. The van der Waals surface area contributed by atoms with Gasteiger partial charge in [0.05, 0.1) is 30.3 Å². The van der Waals surface area contributed by atoms with Crippen LogP contribution in [-0.4, -0.2) is 69.4 Å². The number of aromatic nitrogens is 3. The van der Waals surface area contributed by atoms with Crippen LogP contribution in [0, 0.1) is 5.82 Å². The Morgan fingerprint density at radius 2 is 1.98 bits per heavy atom. The van der Waals surface area contributed by atoms with Crippen molar-refractivity contribution in [1.82, 2.24) is 25.2 Å². The number of rotatable bonds is 8. The molecule has 4 rings (SSSR count). The molecule has 0 aliphatic carbocycles. The molecule has 0 spiro atoms. The molecule has 2 amide bonds. The summed E-state index contributed by atoms with van der Waals surface area (Å²) in [4.78, 5) is 37.4. The summed E-state index contributed by atoms with van der Waals surface area (Å²) < 4.78 is 65.4. The van der Waals surface area contributed by atoms with Crippen molar-refractivity contribution in [2.24, 2.45) is 0 Å². The first kappa shape index (κ1) is 29.1. The number of aryl methyl sites for hydroxylation is 1. The topological polar surface area (TPSA) is 127 Å². The van der Waals surface area contributed by atoms with Crippen LogP contribution in [0.25, 0.3) is 10.6 Å². The minimum Gasteiger partial charge on any atom is -0.491 e. The zero-order chi connectivity index (χ0) is 29.0. The summed E-state index contributed by atoms with van der Waals surface area (Å²) in [5.74, 6) is -2.91.